The van der Waals surface area contributed by atoms with Crippen molar-refractivity contribution in [1.82, 2.24) is 0 Å². The van der Waals surface area contributed by atoms with Crippen LogP contribution in [0.25, 0.3) is 0 Å². The monoisotopic (exact) mass is 333 g/mol. The van der Waals surface area contributed by atoms with E-state index in [4.69, 9.17) is 9.94 Å². The maximum atomic E-state index is 11.4. The molecule has 1 aromatic carbocycles. The number of carboxylic acid groups (broad SMARTS) is 1. The molecule has 2 rings (SSSR count). The predicted octanol–water partition coefficient (Wildman–Crippen LogP) is 4.18. The molecule has 0 unspecified atom stereocenters. The molecule has 0 amide bonds. The normalized spacial score (nSPS) is 15.5. The first-order valence-electron chi connectivity index (χ1n) is 8.68. The van der Waals surface area contributed by atoms with Crippen LogP contribution in [0.1, 0.15) is 69.6 Å². The van der Waals surface area contributed by atoms with Gasteiger partial charge in [0, 0.05) is 5.56 Å². The standard InChI is InChI=1S/C19H27NO4/c1-4-5-6-7-8-14-11-13-9-10-16(20-23)15(13)12-17(14)24-19(2,3)18(21)22/h11-12,23H,4-10H2,1-3H3,(H,21,22)/b20-16+. The van der Waals surface area contributed by atoms with E-state index in [9.17, 15) is 9.90 Å². The molecule has 0 atom stereocenters. The molecule has 0 fully saturated rings. The molecule has 24 heavy (non-hydrogen) atoms. The molecule has 1 aliphatic rings. The molecule has 0 radical (unpaired) electrons. The highest BCUT2D eigenvalue weighted by Crippen LogP contribution is 2.33. The Labute approximate surface area is 143 Å². The molecule has 0 aromatic heterocycles. The zero-order valence-corrected chi connectivity index (χ0v) is 14.8. The van der Waals surface area contributed by atoms with Crippen LogP contribution >= 0.6 is 0 Å². The van der Waals surface area contributed by atoms with Crippen molar-refractivity contribution in [2.75, 3.05) is 0 Å². The number of rotatable bonds is 8. The van der Waals surface area contributed by atoms with E-state index in [0.717, 1.165) is 42.4 Å². The number of ether oxygens (including phenoxy) is 1. The third kappa shape index (κ3) is 4.08. The molecule has 5 heteroatoms. The topological polar surface area (TPSA) is 79.1 Å². The van der Waals surface area contributed by atoms with Crippen LogP contribution in [0.4, 0.5) is 0 Å². The van der Waals surface area contributed by atoms with Gasteiger partial charge in [0.15, 0.2) is 5.60 Å². The first-order chi connectivity index (χ1) is 11.4. The summed E-state index contributed by atoms with van der Waals surface area (Å²) in [6.45, 7) is 5.27. The molecular weight excluding hydrogens is 306 g/mol. The predicted molar refractivity (Wildman–Crippen MR) is 93.3 cm³/mol. The number of hydrogen-bond donors (Lipinski definition) is 2. The number of benzene rings is 1. The van der Waals surface area contributed by atoms with E-state index in [1.54, 1.807) is 13.8 Å². The lowest BCUT2D eigenvalue weighted by Gasteiger charge is -2.24. The average molecular weight is 333 g/mol. The average Bonchev–Trinajstić information content (AvgIpc) is 2.93. The lowest BCUT2D eigenvalue weighted by molar-refractivity contribution is -0.152. The third-order valence-electron chi connectivity index (χ3n) is 4.53. The Morgan fingerprint density at radius 2 is 2.00 bits per heavy atom. The maximum absolute atomic E-state index is 11.4. The fourth-order valence-corrected chi connectivity index (χ4v) is 2.99. The molecular formula is C19H27NO4. The Morgan fingerprint density at radius 1 is 1.25 bits per heavy atom. The largest absolute Gasteiger partial charge is 0.478 e. The molecule has 0 aliphatic heterocycles. The second-order valence-corrected chi connectivity index (χ2v) is 6.89. The van der Waals surface area contributed by atoms with Gasteiger partial charge in [-0.05, 0) is 56.7 Å². The van der Waals surface area contributed by atoms with Crippen LogP contribution < -0.4 is 4.74 Å². The van der Waals surface area contributed by atoms with Gasteiger partial charge >= 0.3 is 5.97 Å². The molecule has 0 saturated heterocycles. The molecule has 0 spiro atoms. The van der Waals surface area contributed by atoms with E-state index in [1.165, 1.54) is 12.8 Å². The highest BCUT2D eigenvalue weighted by Gasteiger charge is 2.31. The van der Waals surface area contributed by atoms with Gasteiger partial charge in [0.1, 0.15) is 5.75 Å². The summed E-state index contributed by atoms with van der Waals surface area (Å²) in [4.78, 5) is 11.4. The Hall–Kier alpha value is -2.04. The summed E-state index contributed by atoms with van der Waals surface area (Å²) in [6.07, 6.45) is 6.99. The summed E-state index contributed by atoms with van der Waals surface area (Å²) >= 11 is 0. The molecule has 1 aromatic rings. The summed E-state index contributed by atoms with van der Waals surface area (Å²) in [5, 5.41) is 21.9. The first-order valence-corrected chi connectivity index (χ1v) is 8.68. The van der Waals surface area contributed by atoms with Gasteiger partial charge in [0.2, 0.25) is 0 Å². The van der Waals surface area contributed by atoms with Crippen molar-refractivity contribution in [2.45, 2.75) is 71.3 Å². The van der Waals surface area contributed by atoms with Gasteiger partial charge < -0.3 is 15.1 Å². The van der Waals surface area contributed by atoms with Gasteiger partial charge in [0.05, 0.1) is 5.71 Å². The molecule has 0 heterocycles. The van der Waals surface area contributed by atoms with Crippen molar-refractivity contribution in [3.05, 3.63) is 28.8 Å². The highest BCUT2D eigenvalue weighted by atomic mass is 16.5. The lowest BCUT2D eigenvalue weighted by atomic mass is 9.99. The third-order valence-corrected chi connectivity index (χ3v) is 4.53. The Morgan fingerprint density at radius 3 is 2.62 bits per heavy atom. The summed E-state index contributed by atoms with van der Waals surface area (Å²) in [5.74, 6) is -0.420. The Kier molecular flexibility index (Phi) is 5.86. The van der Waals surface area contributed by atoms with Crippen LogP contribution in [-0.2, 0) is 17.6 Å². The van der Waals surface area contributed by atoms with Gasteiger partial charge in [-0.1, -0.05) is 37.4 Å². The summed E-state index contributed by atoms with van der Waals surface area (Å²) in [6, 6.07) is 3.93. The number of unbranched alkanes of at least 4 members (excludes halogenated alkanes) is 3. The van der Waals surface area contributed by atoms with Crippen molar-refractivity contribution in [3.63, 3.8) is 0 Å². The molecule has 5 nitrogen and oxygen atoms in total. The smallest absolute Gasteiger partial charge is 0.347 e. The number of carboxylic acids is 1. The van der Waals surface area contributed by atoms with Crippen LogP contribution in [-0.4, -0.2) is 27.6 Å². The number of fused-ring (bicyclic) bond motifs is 1. The van der Waals surface area contributed by atoms with Crippen LogP contribution in [0.3, 0.4) is 0 Å². The van der Waals surface area contributed by atoms with Crippen LogP contribution in [0.2, 0.25) is 0 Å². The SMILES string of the molecule is CCCCCCc1cc2c(cc1OC(C)(C)C(=O)O)/C(=N/O)CC2. The van der Waals surface area contributed by atoms with E-state index in [2.05, 4.69) is 18.1 Å². The van der Waals surface area contributed by atoms with Crippen molar-refractivity contribution in [2.24, 2.45) is 5.16 Å². The maximum Gasteiger partial charge on any atom is 0.347 e. The molecule has 0 bridgehead atoms. The highest BCUT2D eigenvalue weighted by molar-refractivity contribution is 6.04. The van der Waals surface area contributed by atoms with E-state index in [0.29, 0.717) is 17.9 Å². The lowest BCUT2D eigenvalue weighted by Crippen LogP contribution is -2.38. The van der Waals surface area contributed by atoms with Crippen molar-refractivity contribution in [1.29, 1.82) is 0 Å². The minimum absolute atomic E-state index is 0.584. The second-order valence-electron chi connectivity index (χ2n) is 6.89. The van der Waals surface area contributed by atoms with Gasteiger partial charge in [-0.15, -0.1) is 0 Å². The number of aryl methyl sites for hydroxylation is 2. The van der Waals surface area contributed by atoms with Gasteiger partial charge in [0.25, 0.3) is 0 Å². The van der Waals surface area contributed by atoms with Crippen LogP contribution in [0.5, 0.6) is 5.75 Å². The van der Waals surface area contributed by atoms with E-state index in [-0.39, 0.29) is 0 Å². The number of oxime groups is 1. The summed E-state index contributed by atoms with van der Waals surface area (Å²) in [5.41, 5.74) is 2.39. The fourth-order valence-electron chi connectivity index (χ4n) is 2.99. The van der Waals surface area contributed by atoms with Gasteiger partial charge in [-0.25, -0.2) is 4.79 Å². The van der Waals surface area contributed by atoms with E-state index >= 15 is 0 Å². The minimum Gasteiger partial charge on any atom is -0.478 e. The van der Waals surface area contributed by atoms with Crippen LogP contribution in [0.15, 0.2) is 17.3 Å². The van der Waals surface area contributed by atoms with E-state index < -0.39 is 11.6 Å². The van der Waals surface area contributed by atoms with Crippen molar-refractivity contribution in [3.8, 4) is 5.75 Å². The zero-order chi connectivity index (χ0) is 17.7. The number of carbonyl (C=O) groups is 1. The molecule has 0 saturated carbocycles. The van der Waals surface area contributed by atoms with Crippen molar-refractivity contribution < 1.29 is 19.8 Å². The molecule has 1 aliphatic carbocycles. The molecule has 132 valence electrons. The minimum atomic E-state index is -1.30. The van der Waals surface area contributed by atoms with Crippen molar-refractivity contribution >= 4 is 11.7 Å². The summed E-state index contributed by atoms with van der Waals surface area (Å²) in [7, 11) is 0. The second kappa shape index (κ2) is 7.69. The zero-order valence-electron chi connectivity index (χ0n) is 14.8. The Balaban J connectivity index is 2.32. The summed E-state index contributed by atoms with van der Waals surface area (Å²) < 4.78 is 5.83. The number of aliphatic carboxylic acids is 1. The number of nitrogens with zero attached hydrogens (tertiary/aromatic N) is 1. The van der Waals surface area contributed by atoms with Gasteiger partial charge in [-0.3, -0.25) is 0 Å². The van der Waals surface area contributed by atoms with Crippen LogP contribution in [0, 0.1) is 0 Å². The van der Waals surface area contributed by atoms with E-state index in [1.807, 2.05) is 6.07 Å². The number of hydrogen-bond acceptors (Lipinski definition) is 4. The fraction of sp³-hybridized carbons (Fsp3) is 0.579. The Bertz CT molecular complexity index is 634. The quantitative estimate of drug-likeness (QED) is 0.425. The first kappa shape index (κ1) is 18.3. The molecule has 2 N–H and O–H groups in total. The van der Waals surface area contributed by atoms with Gasteiger partial charge in [-0.2, -0.15) is 0 Å².